The maximum Gasteiger partial charge on any atom is 0.128 e. The van der Waals surface area contributed by atoms with Crippen LogP contribution in [0.1, 0.15) is 12.8 Å². The second-order valence-electron chi connectivity index (χ2n) is 4.69. The Morgan fingerprint density at radius 3 is 2.78 bits per heavy atom. The fourth-order valence-electron chi connectivity index (χ4n) is 2.44. The molecular weight excluding hydrogens is 224 g/mol. The van der Waals surface area contributed by atoms with Crippen LogP contribution in [0.4, 0.5) is 11.5 Å². The average molecular weight is 242 g/mol. The molecule has 2 aromatic heterocycles. The van der Waals surface area contributed by atoms with E-state index in [1.54, 1.807) is 0 Å². The Kier molecular flexibility index (Phi) is 3.17. The van der Waals surface area contributed by atoms with Gasteiger partial charge in [0.2, 0.25) is 0 Å². The Morgan fingerprint density at radius 2 is 2.11 bits per heavy atom. The van der Waals surface area contributed by atoms with E-state index < -0.39 is 0 Å². The summed E-state index contributed by atoms with van der Waals surface area (Å²) in [5.41, 5.74) is 1.19. The molecule has 4 heteroatoms. The number of nitrogens with zero attached hydrogens (tertiary/aromatic N) is 2. The third-order valence-corrected chi connectivity index (χ3v) is 3.44. The molecule has 94 valence electrons. The molecule has 2 N–H and O–H groups in total. The third kappa shape index (κ3) is 2.47. The zero-order chi connectivity index (χ0) is 12.2. The monoisotopic (exact) mass is 242 g/mol. The van der Waals surface area contributed by atoms with Crippen LogP contribution < -0.4 is 10.2 Å². The molecule has 0 aliphatic carbocycles. The van der Waals surface area contributed by atoms with Gasteiger partial charge in [-0.1, -0.05) is 6.07 Å². The van der Waals surface area contributed by atoms with E-state index in [0.717, 1.165) is 31.7 Å². The van der Waals surface area contributed by atoms with E-state index in [-0.39, 0.29) is 0 Å². The molecule has 4 nitrogen and oxygen atoms in total. The van der Waals surface area contributed by atoms with Crippen LogP contribution in [0.3, 0.4) is 0 Å². The number of aromatic nitrogens is 2. The third-order valence-electron chi connectivity index (χ3n) is 3.44. The molecule has 1 aliphatic heterocycles. The van der Waals surface area contributed by atoms with Gasteiger partial charge in [0.05, 0.1) is 5.69 Å². The van der Waals surface area contributed by atoms with Gasteiger partial charge >= 0.3 is 0 Å². The van der Waals surface area contributed by atoms with Crippen molar-refractivity contribution in [2.24, 2.45) is 0 Å². The average Bonchev–Trinajstić information content (AvgIpc) is 2.94. The molecule has 18 heavy (non-hydrogen) atoms. The van der Waals surface area contributed by atoms with Crippen molar-refractivity contribution in [3.8, 4) is 0 Å². The molecule has 0 radical (unpaired) electrons. The summed E-state index contributed by atoms with van der Waals surface area (Å²) in [4.78, 5) is 9.83. The van der Waals surface area contributed by atoms with Crippen LogP contribution in [0.25, 0.3) is 0 Å². The number of nitrogens with one attached hydrogen (secondary N) is 2. The number of pyridine rings is 1. The second kappa shape index (κ2) is 5.12. The van der Waals surface area contributed by atoms with Crippen LogP contribution in [0.5, 0.6) is 0 Å². The summed E-state index contributed by atoms with van der Waals surface area (Å²) in [5, 5.41) is 3.55. The van der Waals surface area contributed by atoms with Gasteiger partial charge < -0.3 is 15.2 Å². The molecule has 0 saturated carbocycles. The maximum absolute atomic E-state index is 4.40. The first-order chi connectivity index (χ1) is 8.92. The summed E-state index contributed by atoms with van der Waals surface area (Å²) in [6.45, 7) is 2.14. The predicted octanol–water partition coefficient (Wildman–Crippen LogP) is 2.49. The molecule has 1 saturated heterocycles. The summed E-state index contributed by atoms with van der Waals surface area (Å²) >= 11 is 0. The van der Waals surface area contributed by atoms with Crippen molar-refractivity contribution in [1.29, 1.82) is 0 Å². The lowest BCUT2D eigenvalue weighted by molar-refractivity contribution is 0.524. The fraction of sp³-hybridized carbons (Fsp3) is 0.357. The highest BCUT2D eigenvalue weighted by molar-refractivity contribution is 5.43. The molecule has 0 aromatic carbocycles. The summed E-state index contributed by atoms with van der Waals surface area (Å²) in [5.74, 6) is 1.09. The van der Waals surface area contributed by atoms with E-state index in [2.05, 4.69) is 32.3 Å². The van der Waals surface area contributed by atoms with Crippen molar-refractivity contribution in [3.05, 3.63) is 42.9 Å². The van der Waals surface area contributed by atoms with Crippen molar-refractivity contribution in [2.45, 2.75) is 18.9 Å². The van der Waals surface area contributed by atoms with Crippen LogP contribution in [0, 0.1) is 0 Å². The number of anilines is 2. The number of hydrogen-bond donors (Lipinski definition) is 2. The van der Waals surface area contributed by atoms with Gasteiger partial charge in [0.15, 0.2) is 0 Å². The molecule has 0 bridgehead atoms. The zero-order valence-electron chi connectivity index (χ0n) is 10.3. The van der Waals surface area contributed by atoms with Crippen molar-refractivity contribution in [3.63, 3.8) is 0 Å². The molecule has 1 aliphatic rings. The predicted molar refractivity (Wildman–Crippen MR) is 73.9 cm³/mol. The first-order valence-corrected chi connectivity index (χ1v) is 6.47. The molecule has 3 rings (SSSR count). The molecule has 0 spiro atoms. The van der Waals surface area contributed by atoms with Gasteiger partial charge in [-0.3, -0.25) is 0 Å². The van der Waals surface area contributed by atoms with Gasteiger partial charge in [-0.05, 0) is 31.0 Å². The van der Waals surface area contributed by atoms with E-state index >= 15 is 0 Å². The Morgan fingerprint density at radius 1 is 1.22 bits per heavy atom. The Bertz CT molecular complexity index is 458. The SMILES string of the molecule is c1ccc(N2CCC(Nc3cc[nH]c3)CC2)nc1. The van der Waals surface area contributed by atoms with Gasteiger partial charge in [-0.25, -0.2) is 4.98 Å². The van der Waals surface area contributed by atoms with Crippen molar-refractivity contribution in [2.75, 3.05) is 23.3 Å². The minimum atomic E-state index is 0.570. The minimum Gasteiger partial charge on any atom is -0.381 e. The van der Waals surface area contributed by atoms with Crippen molar-refractivity contribution < 1.29 is 0 Å². The standard InChI is InChI=1S/C14H18N4/c1-2-7-16-14(3-1)18-9-5-12(6-10-18)17-13-4-8-15-11-13/h1-4,7-8,11-12,15,17H,5-6,9-10H2. The van der Waals surface area contributed by atoms with E-state index in [0.29, 0.717) is 6.04 Å². The first kappa shape index (κ1) is 11.1. The molecule has 1 fully saturated rings. The van der Waals surface area contributed by atoms with Crippen LogP contribution in [0.2, 0.25) is 0 Å². The lowest BCUT2D eigenvalue weighted by Gasteiger charge is -2.33. The van der Waals surface area contributed by atoms with Crippen LogP contribution in [-0.4, -0.2) is 29.1 Å². The zero-order valence-corrected chi connectivity index (χ0v) is 10.3. The number of rotatable bonds is 3. The Labute approximate surface area is 107 Å². The molecule has 3 heterocycles. The topological polar surface area (TPSA) is 44.0 Å². The molecule has 2 aromatic rings. The number of aromatic amines is 1. The lowest BCUT2D eigenvalue weighted by atomic mass is 10.0. The highest BCUT2D eigenvalue weighted by atomic mass is 15.2. The van der Waals surface area contributed by atoms with E-state index in [4.69, 9.17) is 0 Å². The number of H-pyrrole nitrogens is 1. The Hall–Kier alpha value is -1.97. The molecule has 0 atom stereocenters. The highest BCUT2D eigenvalue weighted by Gasteiger charge is 2.19. The Balaban J connectivity index is 1.55. The minimum absolute atomic E-state index is 0.570. The van der Waals surface area contributed by atoms with E-state index in [1.807, 2.05) is 30.7 Å². The first-order valence-electron chi connectivity index (χ1n) is 6.47. The van der Waals surface area contributed by atoms with Gasteiger partial charge in [0.25, 0.3) is 0 Å². The van der Waals surface area contributed by atoms with Crippen LogP contribution in [-0.2, 0) is 0 Å². The number of piperidine rings is 1. The molecular formula is C14H18N4. The largest absolute Gasteiger partial charge is 0.381 e. The van der Waals surface area contributed by atoms with Crippen molar-refractivity contribution >= 4 is 11.5 Å². The van der Waals surface area contributed by atoms with Crippen LogP contribution in [0.15, 0.2) is 42.9 Å². The van der Waals surface area contributed by atoms with Crippen molar-refractivity contribution in [1.82, 2.24) is 9.97 Å². The quantitative estimate of drug-likeness (QED) is 0.869. The second-order valence-corrected chi connectivity index (χ2v) is 4.69. The van der Waals surface area contributed by atoms with Crippen LogP contribution >= 0.6 is 0 Å². The highest BCUT2D eigenvalue weighted by Crippen LogP contribution is 2.19. The normalized spacial score (nSPS) is 16.8. The summed E-state index contributed by atoms with van der Waals surface area (Å²) < 4.78 is 0. The van der Waals surface area contributed by atoms with E-state index in [1.165, 1.54) is 5.69 Å². The summed E-state index contributed by atoms with van der Waals surface area (Å²) in [7, 11) is 0. The van der Waals surface area contributed by atoms with Gasteiger partial charge in [-0.2, -0.15) is 0 Å². The van der Waals surface area contributed by atoms with E-state index in [9.17, 15) is 0 Å². The maximum atomic E-state index is 4.40. The molecule has 0 unspecified atom stereocenters. The summed E-state index contributed by atoms with van der Waals surface area (Å²) in [6.07, 6.45) is 8.12. The summed E-state index contributed by atoms with van der Waals surface area (Å²) in [6, 6.07) is 8.74. The molecule has 0 amide bonds. The van der Waals surface area contributed by atoms with Gasteiger partial charge in [0, 0.05) is 37.7 Å². The van der Waals surface area contributed by atoms with Gasteiger partial charge in [0.1, 0.15) is 5.82 Å². The fourth-order valence-corrected chi connectivity index (χ4v) is 2.44. The lowest BCUT2D eigenvalue weighted by Crippen LogP contribution is -2.39. The smallest absolute Gasteiger partial charge is 0.128 e. The van der Waals surface area contributed by atoms with Gasteiger partial charge in [-0.15, -0.1) is 0 Å². The number of hydrogen-bond acceptors (Lipinski definition) is 3.